The predicted molar refractivity (Wildman–Crippen MR) is 117 cm³/mol. The third kappa shape index (κ3) is 3.45. The molecule has 1 saturated carbocycles. The smallest absolute Gasteiger partial charge is 0.228 e. The molecule has 0 aliphatic heterocycles. The van der Waals surface area contributed by atoms with Crippen molar-refractivity contribution in [1.29, 1.82) is 0 Å². The zero-order valence-corrected chi connectivity index (χ0v) is 17.8. The van der Waals surface area contributed by atoms with Crippen molar-refractivity contribution in [3.8, 4) is 11.1 Å². The minimum Gasteiger partial charge on any atom is -0.384 e. The van der Waals surface area contributed by atoms with E-state index < -0.39 is 5.82 Å². The summed E-state index contributed by atoms with van der Waals surface area (Å²) in [5.41, 5.74) is 3.11. The number of carbonyl (C=O) groups excluding carboxylic acids is 1. The van der Waals surface area contributed by atoms with Gasteiger partial charge in [0.1, 0.15) is 5.82 Å². The number of nitrogens with one attached hydrogen (secondary N) is 2. The molecule has 4 aromatic rings. The summed E-state index contributed by atoms with van der Waals surface area (Å²) in [7, 11) is 1.58. The molecule has 9 heteroatoms. The lowest BCUT2D eigenvalue weighted by Crippen LogP contribution is -2.13. The van der Waals surface area contributed by atoms with Gasteiger partial charge in [-0.2, -0.15) is 10.2 Å². The Labute approximate surface area is 182 Å². The second kappa shape index (κ2) is 7.62. The molecular weight excluding hydrogens is 421 g/mol. The summed E-state index contributed by atoms with van der Waals surface area (Å²) in [6.45, 7) is 2.24. The van der Waals surface area contributed by atoms with Gasteiger partial charge in [-0.1, -0.05) is 18.5 Å². The number of anilines is 1. The lowest BCUT2D eigenvalue weighted by atomic mass is 9.93. The van der Waals surface area contributed by atoms with Crippen molar-refractivity contribution in [3.63, 3.8) is 0 Å². The minimum absolute atomic E-state index is 0.00498. The fraction of sp³-hybridized carbons (Fsp3) is 0.318. The van der Waals surface area contributed by atoms with Crippen LogP contribution in [0.2, 0.25) is 5.02 Å². The maximum absolute atomic E-state index is 15.4. The topological polar surface area (TPSA) is 84.3 Å². The number of aromatic amines is 1. The molecule has 31 heavy (non-hydrogen) atoms. The Kier molecular flexibility index (Phi) is 4.91. The average Bonchev–Trinajstić information content (AvgIpc) is 3.37. The number of hydrogen-bond acceptors (Lipinski definition) is 4. The van der Waals surface area contributed by atoms with Crippen molar-refractivity contribution in [2.45, 2.75) is 25.7 Å². The van der Waals surface area contributed by atoms with Crippen LogP contribution in [0.3, 0.4) is 0 Å². The van der Waals surface area contributed by atoms with Gasteiger partial charge >= 0.3 is 0 Å². The molecule has 1 aliphatic carbocycles. The van der Waals surface area contributed by atoms with Crippen LogP contribution in [0.25, 0.3) is 27.5 Å². The summed E-state index contributed by atoms with van der Waals surface area (Å²) < 4.78 is 22.2. The summed E-state index contributed by atoms with van der Waals surface area (Å²) in [6.07, 6.45) is 5.26. The summed E-state index contributed by atoms with van der Waals surface area (Å²) in [5, 5.41) is 15.1. The second-order valence-corrected chi connectivity index (χ2v) is 8.39. The molecule has 1 atom stereocenters. The van der Waals surface area contributed by atoms with Gasteiger partial charge < -0.3 is 10.1 Å². The van der Waals surface area contributed by atoms with Gasteiger partial charge in [0.25, 0.3) is 0 Å². The largest absolute Gasteiger partial charge is 0.384 e. The molecule has 2 N–H and O–H groups in total. The quantitative estimate of drug-likeness (QED) is 0.451. The van der Waals surface area contributed by atoms with Gasteiger partial charge in [0.05, 0.1) is 28.9 Å². The first kappa shape index (κ1) is 20.0. The van der Waals surface area contributed by atoms with E-state index in [1.54, 1.807) is 30.1 Å². The Morgan fingerprint density at radius 3 is 3.00 bits per heavy atom. The molecule has 0 saturated heterocycles. The van der Waals surface area contributed by atoms with Gasteiger partial charge in [0.15, 0.2) is 5.82 Å². The molecule has 0 unspecified atom stereocenters. The highest BCUT2D eigenvalue weighted by molar-refractivity contribution is 6.35. The van der Waals surface area contributed by atoms with Crippen molar-refractivity contribution in [3.05, 3.63) is 47.0 Å². The Bertz CT molecular complexity index is 1310. The van der Waals surface area contributed by atoms with Gasteiger partial charge in [0, 0.05) is 47.7 Å². The third-order valence-corrected chi connectivity index (χ3v) is 6.04. The highest BCUT2D eigenvalue weighted by Gasteiger charge is 2.30. The molecule has 1 amide bonds. The number of benzene rings is 1. The van der Waals surface area contributed by atoms with E-state index in [0.29, 0.717) is 29.1 Å². The molecule has 1 aliphatic rings. The second-order valence-electron chi connectivity index (χ2n) is 8.01. The van der Waals surface area contributed by atoms with Crippen LogP contribution in [0, 0.1) is 11.7 Å². The standard InChI is InChI=1S/C22H21ClFN5O2/c1-11(10-31-2)17-20(24)19(23)18(15-9-25-27-21(15)17)13-5-6-29-14(7-13)8-16(28-29)26-22(30)12-3-4-12/h5-9,11-12H,3-4,10H2,1-2H3,(H,25,27)(H,26,28,30)/t11-/m1/s1. The van der Waals surface area contributed by atoms with Crippen LogP contribution in [-0.4, -0.2) is 39.4 Å². The van der Waals surface area contributed by atoms with Gasteiger partial charge in [-0.25, -0.2) is 8.91 Å². The van der Waals surface area contributed by atoms with E-state index in [-0.39, 0.29) is 22.8 Å². The van der Waals surface area contributed by atoms with Crippen LogP contribution >= 0.6 is 11.6 Å². The molecule has 0 spiro atoms. The fourth-order valence-corrected chi connectivity index (χ4v) is 4.31. The summed E-state index contributed by atoms with van der Waals surface area (Å²) in [6, 6.07) is 5.47. The van der Waals surface area contributed by atoms with E-state index >= 15 is 4.39 Å². The van der Waals surface area contributed by atoms with Crippen LogP contribution in [-0.2, 0) is 9.53 Å². The lowest BCUT2D eigenvalue weighted by Gasteiger charge is -2.17. The Morgan fingerprint density at radius 1 is 1.45 bits per heavy atom. The molecular formula is C22H21ClFN5O2. The SMILES string of the molecule is COC[C@@H](C)c1c(F)c(Cl)c(-c2ccn3nc(NC(=O)C4CC4)cc3c2)c2cn[nH]c12. The van der Waals surface area contributed by atoms with E-state index in [0.717, 1.165) is 29.3 Å². The van der Waals surface area contributed by atoms with Crippen molar-refractivity contribution < 1.29 is 13.9 Å². The van der Waals surface area contributed by atoms with E-state index in [4.69, 9.17) is 16.3 Å². The van der Waals surface area contributed by atoms with E-state index in [1.165, 1.54) is 0 Å². The van der Waals surface area contributed by atoms with Crippen LogP contribution < -0.4 is 5.32 Å². The monoisotopic (exact) mass is 441 g/mol. The third-order valence-electron chi connectivity index (χ3n) is 5.69. The van der Waals surface area contributed by atoms with E-state index in [9.17, 15) is 4.79 Å². The maximum Gasteiger partial charge on any atom is 0.228 e. The molecule has 1 aromatic carbocycles. The van der Waals surface area contributed by atoms with Crippen LogP contribution in [0.5, 0.6) is 0 Å². The minimum atomic E-state index is -0.483. The Hall–Kier alpha value is -2.97. The molecule has 0 bridgehead atoms. The van der Waals surface area contributed by atoms with Gasteiger partial charge in [-0.3, -0.25) is 9.89 Å². The number of rotatable bonds is 6. The summed E-state index contributed by atoms with van der Waals surface area (Å²) in [5.74, 6) is -0.105. The van der Waals surface area contributed by atoms with Crippen LogP contribution in [0.4, 0.5) is 10.2 Å². The maximum atomic E-state index is 15.4. The number of nitrogens with zero attached hydrogens (tertiary/aromatic N) is 3. The van der Waals surface area contributed by atoms with E-state index in [2.05, 4.69) is 20.6 Å². The molecule has 5 rings (SSSR count). The summed E-state index contributed by atoms with van der Waals surface area (Å²) in [4.78, 5) is 12.0. The number of aromatic nitrogens is 4. The highest BCUT2D eigenvalue weighted by atomic mass is 35.5. The number of ether oxygens (including phenoxy) is 1. The first-order valence-electron chi connectivity index (χ1n) is 10.1. The van der Waals surface area contributed by atoms with Crippen molar-refractivity contribution in [2.24, 2.45) is 5.92 Å². The lowest BCUT2D eigenvalue weighted by molar-refractivity contribution is -0.117. The normalized spacial score (nSPS) is 15.0. The predicted octanol–water partition coefficient (Wildman–Crippen LogP) is 4.77. The van der Waals surface area contributed by atoms with Crippen molar-refractivity contribution in [1.82, 2.24) is 19.8 Å². The molecule has 3 aromatic heterocycles. The van der Waals surface area contributed by atoms with Gasteiger partial charge in [-0.15, -0.1) is 0 Å². The van der Waals surface area contributed by atoms with Crippen molar-refractivity contribution in [2.75, 3.05) is 19.0 Å². The number of carbonyl (C=O) groups is 1. The van der Waals surface area contributed by atoms with Gasteiger partial charge in [-0.05, 0) is 30.5 Å². The zero-order chi connectivity index (χ0) is 21.7. The molecule has 0 radical (unpaired) electrons. The Balaban J connectivity index is 1.60. The van der Waals surface area contributed by atoms with Gasteiger partial charge in [0.2, 0.25) is 5.91 Å². The Morgan fingerprint density at radius 2 is 2.26 bits per heavy atom. The zero-order valence-electron chi connectivity index (χ0n) is 17.1. The number of H-pyrrole nitrogens is 1. The van der Waals surface area contributed by atoms with E-state index in [1.807, 2.05) is 19.1 Å². The molecule has 3 heterocycles. The first-order chi connectivity index (χ1) is 15.0. The molecule has 1 fully saturated rings. The number of pyridine rings is 1. The highest BCUT2D eigenvalue weighted by Crippen LogP contribution is 2.41. The number of methoxy groups -OCH3 is 1. The number of amides is 1. The fourth-order valence-electron chi connectivity index (χ4n) is 4.00. The summed E-state index contributed by atoms with van der Waals surface area (Å²) >= 11 is 6.54. The molecule has 160 valence electrons. The van der Waals surface area contributed by atoms with Crippen LogP contribution in [0.1, 0.15) is 31.2 Å². The van der Waals surface area contributed by atoms with Crippen LogP contribution in [0.15, 0.2) is 30.6 Å². The number of halogens is 2. The average molecular weight is 442 g/mol. The number of fused-ring (bicyclic) bond motifs is 2. The molecule has 7 nitrogen and oxygen atoms in total. The first-order valence-corrected chi connectivity index (χ1v) is 10.5. The van der Waals surface area contributed by atoms with Crippen molar-refractivity contribution >= 4 is 39.7 Å². The number of hydrogen-bond donors (Lipinski definition) is 2.